The first-order valence-corrected chi connectivity index (χ1v) is 10.7. The van der Waals surface area contributed by atoms with E-state index in [0.717, 1.165) is 19.4 Å². The van der Waals surface area contributed by atoms with Crippen LogP contribution in [0.1, 0.15) is 12.8 Å². The van der Waals surface area contributed by atoms with Gasteiger partial charge in [0.1, 0.15) is 5.75 Å². The topological polar surface area (TPSA) is 93.7 Å². The molecule has 1 aliphatic rings. The van der Waals surface area contributed by atoms with Crippen molar-refractivity contribution in [3.05, 3.63) is 53.6 Å². The number of benzene rings is 2. The van der Waals surface area contributed by atoms with Crippen molar-refractivity contribution in [1.82, 2.24) is 5.32 Å². The lowest BCUT2D eigenvalue weighted by Crippen LogP contribution is -2.35. The van der Waals surface area contributed by atoms with Crippen LogP contribution >= 0.6 is 11.6 Å². The van der Waals surface area contributed by atoms with Crippen molar-refractivity contribution < 1.29 is 22.7 Å². The summed E-state index contributed by atoms with van der Waals surface area (Å²) in [5, 5.41) is 2.84. The summed E-state index contributed by atoms with van der Waals surface area (Å²) in [6.45, 7) is 0.945. The summed E-state index contributed by atoms with van der Waals surface area (Å²) in [5.41, 5.74) is 0.446. The molecule has 2 aromatic rings. The molecule has 7 nitrogen and oxygen atoms in total. The van der Waals surface area contributed by atoms with Gasteiger partial charge in [-0.2, -0.15) is 0 Å². The lowest BCUT2D eigenvalue weighted by molar-refractivity contribution is -0.123. The predicted octanol–water partition coefficient (Wildman–Crippen LogP) is 2.81. The van der Waals surface area contributed by atoms with Gasteiger partial charge in [0.25, 0.3) is 15.9 Å². The van der Waals surface area contributed by atoms with Crippen molar-refractivity contribution in [3.63, 3.8) is 0 Å². The first kappa shape index (κ1) is 20.4. The van der Waals surface area contributed by atoms with E-state index in [0.29, 0.717) is 12.2 Å². The molecule has 0 aromatic heterocycles. The third kappa shape index (κ3) is 5.60. The molecule has 2 aromatic carbocycles. The number of hydrogen-bond acceptors (Lipinski definition) is 5. The molecule has 1 aliphatic heterocycles. The molecule has 1 saturated heterocycles. The van der Waals surface area contributed by atoms with Crippen molar-refractivity contribution in [1.29, 1.82) is 0 Å². The molecule has 1 atom stereocenters. The Kier molecular flexibility index (Phi) is 6.77. The summed E-state index contributed by atoms with van der Waals surface area (Å²) in [7, 11) is -3.79. The largest absolute Gasteiger partial charge is 0.482 e. The average Bonchev–Trinajstić information content (AvgIpc) is 3.19. The van der Waals surface area contributed by atoms with Gasteiger partial charge in [-0.3, -0.25) is 9.52 Å². The number of para-hydroxylation sites is 1. The second kappa shape index (κ2) is 9.27. The van der Waals surface area contributed by atoms with Crippen LogP contribution < -0.4 is 14.8 Å². The molecule has 1 fully saturated rings. The molecule has 150 valence electrons. The van der Waals surface area contributed by atoms with Gasteiger partial charge in [0.2, 0.25) is 0 Å². The molecule has 0 aliphatic carbocycles. The normalized spacial score (nSPS) is 16.5. The third-order valence-electron chi connectivity index (χ3n) is 4.15. The fourth-order valence-corrected chi connectivity index (χ4v) is 4.10. The Morgan fingerprint density at radius 3 is 2.68 bits per heavy atom. The van der Waals surface area contributed by atoms with Crippen LogP contribution in [0.3, 0.4) is 0 Å². The summed E-state index contributed by atoms with van der Waals surface area (Å²) in [6.07, 6.45) is 1.98. The number of hydrogen-bond donors (Lipinski definition) is 2. The van der Waals surface area contributed by atoms with Crippen LogP contribution in [0.5, 0.6) is 5.75 Å². The smallest absolute Gasteiger partial charge is 0.261 e. The van der Waals surface area contributed by atoms with Gasteiger partial charge in [0.15, 0.2) is 6.61 Å². The Bertz CT molecular complexity index is 915. The minimum absolute atomic E-state index is 0.00321. The Labute approximate surface area is 169 Å². The van der Waals surface area contributed by atoms with Crippen molar-refractivity contribution >= 4 is 33.2 Å². The molecular weight excluding hydrogens is 404 g/mol. The molecule has 0 unspecified atom stereocenters. The predicted molar refractivity (Wildman–Crippen MR) is 106 cm³/mol. The van der Waals surface area contributed by atoms with Crippen LogP contribution in [0.2, 0.25) is 5.02 Å². The van der Waals surface area contributed by atoms with E-state index >= 15 is 0 Å². The highest BCUT2D eigenvalue weighted by Crippen LogP contribution is 2.28. The van der Waals surface area contributed by atoms with Crippen LogP contribution in [-0.4, -0.2) is 40.2 Å². The molecule has 3 rings (SSSR count). The molecule has 1 amide bonds. The van der Waals surface area contributed by atoms with Crippen molar-refractivity contribution in [2.24, 2.45) is 0 Å². The van der Waals surface area contributed by atoms with Crippen molar-refractivity contribution in [3.8, 4) is 5.75 Å². The Morgan fingerprint density at radius 1 is 1.21 bits per heavy atom. The number of carbonyl (C=O) groups excluding carboxylic acids is 1. The van der Waals surface area contributed by atoms with Gasteiger partial charge in [-0.15, -0.1) is 0 Å². The third-order valence-corrected chi connectivity index (χ3v) is 5.82. The molecule has 2 N–H and O–H groups in total. The Balaban J connectivity index is 1.56. The van der Waals surface area contributed by atoms with Gasteiger partial charge in [-0.1, -0.05) is 29.8 Å². The van der Waals surface area contributed by atoms with Crippen LogP contribution in [0.15, 0.2) is 53.4 Å². The van der Waals surface area contributed by atoms with E-state index in [1.807, 2.05) is 0 Å². The molecule has 9 heteroatoms. The summed E-state index contributed by atoms with van der Waals surface area (Å²) in [4.78, 5) is 11.9. The Morgan fingerprint density at radius 2 is 2.00 bits per heavy atom. The number of sulfonamides is 1. The highest BCUT2D eigenvalue weighted by Gasteiger charge is 2.18. The van der Waals surface area contributed by atoms with Gasteiger partial charge in [0.05, 0.1) is 16.0 Å². The molecule has 0 radical (unpaired) electrons. The molecular formula is C19H21ClN2O5S. The number of rotatable bonds is 8. The van der Waals surface area contributed by atoms with Gasteiger partial charge in [0, 0.05) is 18.8 Å². The molecule has 28 heavy (non-hydrogen) atoms. The summed E-state index contributed by atoms with van der Waals surface area (Å²) in [5.74, 6) is -0.0680. The minimum atomic E-state index is -3.79. The van der Waals surface area contributed by atoms with Crippen LogP contribution in [0, 0.1) is 0 Å². The van der Waals surface area contributed by atoms with E-state index in [9.17, 15) is 13.2 Å². The maximum absolute atomic E-state index is 12.5. The first-order valence-electron chi connectivity index (χ1n) is 8.82. The molecule has 0 saturated carbocycles. The van der Waals surface area contributed by atoms with Gasteiger partial charge in [-0.05, 0) is 43.2 Å². The fraction of sp³-hybridized carbons (Fsp3) is 0.316. The molecule has 0 bridgehead atoms. The van der Waals surface area contributed by atoms with E-state index < -0.39 is 10.0 Å². The Hall–Kier alpha value is -2.29. The minimum Gasteiger partial charge on any atom is -0.482 e. The monoisotopic (exact) mass is 424 g/mol. The summed E-state index contributed by atoms with van der Waals surface area (Å²) >= 11 is 6.13. The van der Waals surface area contributed by atoms with E-state index in [1.54, 1.807) is 30.3 Å². The second-order valence-corrected chi connectivity index (χ2v) is 8.38. The quantitative estimate of drug-likeness (QED) is 0.679. The zero-order valence-corrected chi connectivity index (χ0v) is 16.6. The van der Waals surface area contributed by atoms with E-state index in [4.69, 9.17) is 21.1 Å². The van der Waals surface area contributed by atoms with Crippen LogP contribution in [0.25, 0.3) is 0 Å². The molecule has 1 heterocycles. The van der Waals surface area contributed by atoms with Crippen molar-refractivity contribution in [2.45, 2.75) is 23.8 Å². The van der Waals surface area contributed by atoms with Crippen LogP contribution in [-0.2, 0) is 19.6 Å². The standard InChI is InChI=1S/C19H21ClN2O5S/c20-17-11-16(28(24,25)22-14-5-2-1-3-6-14)8-9-18(17)27-13-19(23)21-12-15-7-4-10-26-15/h1-3,5-6,8-9,11,15,22H,4,7,10,12-13H2,(H,21,23)/t15-/m1/s1. The number of halogens is 1. The number of anilines is 1. The number of ether oxygens (including phenoxy) is 2. The number of nitrogens with one attached hydrogen (secondary N) is 2. The first-order chi connectivity index (χ1) is 13.4. The van der Waals surface area contributed by atoms with Gasteiger partial charge in [-0.25, -0.2) is 8.42 Å². The SMILES string of the molecule is O=C(COc1ccc(S(=O)(=O)Nc2ccccc2)cc1Cl)NC[C@H]1CCCO1. The lowest BCUT2D eigenvalue weighted by atomic mass is 10.2. The van der Waals surface area contributed by atoms with E-state index in [-0.39, 0.29) is 34.3 Å². The maximum Gasteiger partial charge on any atom is 0.261 e. The van der Waals surface area contributed by atoms with E-state index in [2.05, 4.69) is 10.0 Å². The van der Waals surface area contributed by atoms with Gasteiger partial charge < -0.3 is 14.8 Å². The number of amides is 1. The summed E-state index contributed by atoms with van der Waals surface area (Å²) in [6, 6.07) is 12.6. The second-order valence-electron chi connectivity index (χ2n) is 6.29. The van der Waals surface area contributed by atoms with Crippen molar-refractivity contribution in [2.75, 3.05) is 24.5 Å². The highest BCUT2D eigenvalue weighted by atomic mass is 35.5. The average molecular weight is 425 g/mol. The zero-order valence-electron chi connectivity index (χ0n) is 15.1. The fourth-order valence-electron chi connectivity index (χ4n) is 2.71. The van der Waals surface area contributed by atoms with E-state index in [1.165, 1.54) is 18.2 Å². The summed E-state index contributed by atoms with van der Waals surface area (Å²) < 4.78 is 38.2. The van der Waals surface area contributed by atoms with Crippen LogP contribution in [0.4, 0.5) is 5.69 Å². The maximum atomic E-state index is 12.5. The molecule has 0 spiro atoms. The number of carbonyl (C=O) groups is 1. The highest BCUT2D eigenvalue weighted by molar-refractivity contribution is 7.92. The van der Waals surface area contributed by atoms with Gasteiger partial charge >= 0.3 is 0 Å². The zero-order chi connectivity index (χ0) is 20.0. The lowest BCUT2D eigenvalue weighted by Gasteiger charge is -2.13.